The third-order valence-electron chi connectivity index (χ3n) is 3.28. The molecular formula is C16H14INO. The number of aliphatic hydroxyl groups is 1. The predicted octanol–water partition coefficient (Wildman–Crippen LogP) is 3.79. The molecule has 0 aliphatic carbocycles. The minimum Gasteiger partial charge on any atom is -0.392 e. The van der Waals surface area contributed by atoms with E-state index in [9.17, 15) is 5.11 Å². The summed E-state index contributed by atoms with van der Waals surface area (Å²) in [5, 5.41) is 10.6. The summed E-state index contributed by atoms with van der Waals surface area (Å²) in [7, 11) is 0. The molecule has 3 heteroatoms. The highest BCUT2D eigenvalue weighted by atomic mass is 127. The molecule has 0 amide bonds. The molecular weight excluding hydrogens is 349 g/mol. The van der Waals surface area contributed by atoms with E-state index in [1.165, 1.54) is 14.7 Å². The van der Waals surface area contributed by atoms with Crippen molar-refractivity contribution in [1.29, 1.82) is 0 Å². The topological polar surface area (TPSA) is 25.2 Å². The Labute approximate surface area is 125 Å². The molecule has 0 unspecified atom stereocenters. The van der Waals surface area contributed by atoms with Gasteiger partial charge >= 0.3 is 0 Å². The average molecular weight is 363 g/mol. The summed E-state index contributed by atoms with van der Waals surface area (Å²) in [5.41, 5.74) is 3.43. The maximum Gasteiger partial charge on any atom is 0.0702 e. The number of aliphatic hydroxyl groups excluding tert-OH is 1. The van der Waals surface area contributed by atoms with Crippen LogP contribution < -0.4 is 0 Å². The maximum atomic E-state index is 9.44. The Balaban J connectivity index is 2.06. The quantitative estimate of drug-likeness (QED) is 0.704. The van der Waals surface area contributed by atoms with Gasteiger partial charge in [-0.3, -0.25) is 0 Å². The summed E-state index contributed by atoms with van der Waals surface area (Å²) >= 11 is 2.33. The molecule has 1 heterocycles. The van der Waals surface area contributed by atoms with Crippen LogP contribution in [0, 0.1) is 3.57 Å². The Morgan fingerprint density at radius 1 is 1.05 bits per heavy atom. The highest BCUT2D eigenvalue weighted by Gasteiger charge is 2.07. The fourth-order valence-corrected chi connectivity index (χ4v) is 3.02. The van der Waals surface area contributed by atoms with E-state index in [1.807, 2.05) is 18.3 Å². The van der Waals surface area contributed by atoms with Gasteiger partial charge in [-0.1, -0.05) is 30.3 Å². The zero-order valence-electron chi connectivity index (χ0n) is 10.4. The first-order valence-electron chi connectivity index (χ1n) is 6.20. The average Bonchev–Trinajstić information content (AvgIpc) is 2.77. The van der Waals surface area contributed by atoms with Gasteiger partial charge in [0.25, 0.3) is 0 Å². The molecule has 0 fully saturated rings. The second kappa shape index (κ2) is 5.35. The molecule has 0 spiro atoms. The van der Waals surface area contributed by atoms with Gasteiger partial charge in [-0.15, -0.1) is 0 Å². The van der Waals surface area contributed by atoms with Crippen LogP contribution in [0.4, 0.5) is 0 Å². The van der Waals surface area contributed by atoms with Crippen LogP contribution in [-0.2, 0) is 13.2 Å². The highest BCUT2D eigenvalue weighted by molar-refractivity contribution is 14.1. The molecule has 3 aromatic rings. The third-order valence-corrected chi connectivity index (χ3v) is 3.95. The summed E-state index contributed by atoms with van der Waals surface area (Å²) in [5.74, 6) is 0. The van der Waals surface area contributed by atoms with Crippen molar-refractivity contribution in [3.8, 4) is 0 Å². The molecule has 0 aliphatic heterocycles. The zero-order valence-corrected chi connectivity index (χ0v) is 12.5. The molecule has 2 nitrogen and oxygen atoms in total. The van der Waals surface area contributed by atoms with E-state index in [0.29, 0.717) is 0 Å². The van der Waals surface area contributed by atoms with Crippen LogP contribution in [-0.4, -0.2) is 9.67 Å². The third kappa shape index (κ3) is 2.53. The van der Waals surface area contributed by atoms with Gasteiger partial charge in [0.2, 0.25) is 0 Å². The van der Waals surface area contributed by atoms with E-state index in [0.717, 1.165) is 17.5 Å². The molecule has 0 radical (unpaired) electrons. The first-order valence-corrected chi connectivity index (χ1v) is 7.28. The molecule has 19 heavy (non-hydrogen) atoms. The molecule has 3 rings (SSSR count). The van der Waals surface area contributed by atoms with Crippen molar-refractivity contribution in [3.05, 3.63) is 69.4 Å². The Morgan fingerprint density at radius 2 is 1.89 bits per heavy atom. The lowest BCUT2D eigenvalue weighted by atomic mass is 10.2. The van der Waals surface area contributed by atoms with Gasteiger partial charge in [0.1, 0.15) is 0 Å². The van der Waals surface area contributed by atoms with Crippen molar-refractivity contribution < 1.29 is 5.11 Å². The molecule has 0 atom stereocenters. The Kier molecular flexibility index (Phi) is 3.57. The Bertz CT molecular complexity index is 718. The second-order valence-corrected chi connectivity index (χ2v) is 5.83. The lowest BCUT2D eigenvalue weighted by Gasteiger charge is -2.06. The van der Waals surface area contributed by atoms with E-state index >= 15 is 0 Å². The summed E-state index contributed by atoms with van der Waals surface area (Å²) in [6, 6.07) is 16.7. The van der Waals surface area contributed by atoms with E-state index in [4.69, 9.17) is 0 Å². The van der Waals surface area contributed by atoms with Gasteiger partial charge in [0.15, 0.2) is 0 Å². The number of rotatable bonds is 3. The van der Waals surface area contributed by atoms with Crippen LogP contribution in [0.25, 0.3) is 10.9 Å². The van der Waals surface area contributed by atoms with Gasteiger partial charge in [0, 0.05) is 32.8 Å². The maximum absolute atomic E-state index is 9.44. The van der Waals surface area contributed by atoms with Crippen molar-refractivity contribution in [1.82, 2.24) is 4.57 Å². The summed E-state index contributed by atoms with van der Waals surface area (Å²) < 4.78 is 3.45. The number of para-hydroxylation sites is 1. The van der Waals surface area contributed by atoms with Crippen LogP contribution in [0.1, 0.15) is 11.1 Å². The van der Waals surface area contributed by atoms with E-state index in [-0.39, 0.29) is 6.61 Å². The Morgan fingerprint density at radius 3 is 2.68 bits per heavy atom. The number of benzene rings is 2. The second-order valence-electron chi connectivity index (χ2n) is 4.59. The van der Waals surface area contributed by atoms with Crippen molar-refractivity contribution in [3.63, 3.8) is 0 Å². The van der Waals surface area contributed by atoms with Crippen LogP contribution in [0.2, 0.25) is 0 Å². The number of hydrogen-bond acceptors (Lipinski definition) is 1. The van der Waals surface area contributed by atoms with Gasteiger partial charge in [-0.2, -0.15) is 0 Å². The normalized spacial score (nSPS) is 11.1. The summed E-state index contributed by atoms with van der Waals surface area (Å²) in [6.07, 6.45) is 2.05. The molecule has 0 saturated heterocycles. The predicted molar refractivity (Wildman–Crippen MR) is 86.1 cm³/mol. The Hall–Kier alpha value is -1.33. The van der Waals surface area contributed by atoms with Crippen molar-refractivity contribution in [2.45, 2.75) is 13.2 Å². The van der Waals surface area contributed by atoms with Gasteiger partial charge in [-0.25, -0.2) is 0 Å². The largest absolute Gasteiger partial charge is 0.392 e. The highest BCUT2D eigenvalue weighted by Crippen LogP contribution is 2.22. The molecule has 0 saturated carbocycles. The molecule has 2 aromatic carbocycles. The smallest absolute Gasteiger partial charge is 0.0702 e. The number of aromatic nitrogens is 1. The van der Waals surface area contributed by atoms with Crippen LogP contribution in [0.15, 0.2) is 54.7 Å². The summed E-state index contributed by atoms with van der Waals surface area (Å²) in [6.45, 7) is 0.914. The van der Waals surface area contributed by atoms with Crippen LogP contribution >= 0.6 is 22.6 Å². The SMILES string of the molecule is OCc1cn(Cc2cccc(I)c2)c2ccccc12. The molecule has 0 aliphatic rings. The zero-order chi connectivity index (χ0) is 13.2. The van der Waals surface area contributed by atoms with Crippen molar-refractivity contribution in [2.75, 3.05) is 0 Å². The number of halogens is 1. The van der Waals surface area contributed by atoms with Gasteiger partial charge in [-0.05, 0) is 46.4 Å². The monoisotopic (exact) mass is 363 g/mol. The number of hydrogen-bond donors (Lipinski definition) is 1. The first-order chi connectivity index (χ1) is 9.28. The van der Waals surface area contributed by atoms with E-state index in [2.05, 4.69) is 63.6 Å². The van der Waals surface area contributed by atoms with E-state index < -0.39 is 0 Å². The van der Waals surface area contributed by atoms with Gasteiger partial charge in [0.05, 0.1) is 6.61 Å². The fourth-order valence-electron chi connectivity index (χ4n) is 2.41. The molecule has 1 N–H and O–H groups in total. The summed E-state index contributed by atoms with van der Waals surface area (Å²) in [4.78, 5) is 0. The molecule has 96 valence electrons. The molecule has 1 aromatic heterocycles. The minimum atomic E-state index is 0.0832. The lowest BCUT2D eigenvalue weighted by molar-refractivity contribution is 0.283. The fraction of sp³-hybridized carbons (Fsp3) is 0.125. The molecule has 0 bridgehead atoms. The van der Waals surface area contributed by atoms with E-state index in [1.54, 1.807) is 0 Å². The minimum absolute atomic E-state index is 0.0832. The van der Waals surface area contributed by atoms with Crippen LogP contribution in [0.5, 0.6) is 0 Å². The van der Waals surface area contributed by atoms with Crippen LogP contribution in [0.3, 0.4) is 0 Å². The standard InChI is InChI=1S/C16H14INO/c17-14-5-3-4-12(8-14)9-18-10-13(11-19)15-6-1-2-7-16(15)18/h1-8,10,19H,9,11H2. The first kappa shape index (κ1) is 12.7. The van der Waals surface area contributed by atoms with Crippen molar-refractivity contribution in [2.24, 2.45) is 0 Å². The number of nitrogens with zero attached hydrogens (tertiary/aromatic N) is 1. The van der Waals surface area contributed by atoms with Gasteiger partial charge < -0.3 is 9.67 Å². The number of fused-ring (bicyclic) bond motifs is 1. The lowest BCUT2D eigenvalue weighted by Crippen LogP contribution is -1.98. The van der Waals surface area contributed by atoms with Crippen molar-refractivity contribution >= 4 is 33.5 Å².